The molecule has 3 nitrogen and oxygen atoms in total. The van der Waals surface area contributed by atoms with E-state index in [2.05, 4.69) is 10.2 Å². The fourth-order valence-electron chi connectivity index (χ4n) is 2.62. The predicted molar refractivity (Wildman–Crippen MR) is 57.5 cm³/mol. The Hall–Kier alpha value is -0.120. The fraction of sp³-hybridized carbons (Fsp3) is 1.00. The maximum atomic E-state index is 5.70. The number of methoxy groups -OCH3 is 1. The first-order valence-corrected chi connectivity index (χ1v) is 5.83. The van der Waals surface area contributed by atoms with Gasteiger partial charge in [-0.25, -0.2) is 0 Å². The predicted octanol–water partition coefficient (Wildman–Crippen LogP) is 0.851. The molecule has 3 heteroatoms. The number of nitrogens with one attached hydrogen (secondary N) is 1. The van der Waals surface area contributed by atoms with Gasteiger partial charge in [-0.3, -0.25) is 0 Å². The Kier molecular flexibility index (Phi) is 3.42. The Bertz CT molecular complexity index is 172. The maximum Gasteiger partial charge on any atom is 0.0940 e. The summed E-state index contributed by atoms with van der Waals surface area (Å²) in [6.45, 7) is 5.80. The van der Waals surface area contributed by atoms with Crippen molar-refractivity contribution < 1.29 is 4.74 Å². The van der Waals surface area contributed by atoms with Crippen molar-refractivity contribution in [2.75, 3.05) is 39.8 Å². The van der Waals surface area contributed by atoms with Crippen molar-refractivity contribution in [1.82, 2.24) is 10.2 Å². The highest BCUT2D eigenvalue weighted by atomic mass is 16.5. The van der Waals surface area contributed by atoms with Crippen molar-refractivity contribution in [2.45, 2.75) is 31.3 Å². The third kappa shape index (κ3) is 2.27. The van der Waals surface area contributed by atoms with Crippen LogP contribution in [0, 0.1) is 0 Å². The van der Waals surface area contributed by atoms with Gasteiger partial charge in [-0.05, 0) is 38.9 Å². The zero-order chi connectivity index (χ0) is 9.86. The second-order valence-corrected chi connectivity index (χ2v) is 4.65. The Balaban J connectivity index is 1.86. The van der Waals surface area contributed by atoms with Crippen LogP contribution in [0.2, 0.25) is 0 Å². The average molecular weight is 198 g/mol. The highest BCUT2D eigenvalue weighted by Gasteiger charge is 2.35. The summed E-state index contributed by atoms with van der Waals surface area (Å²) < 4.78 is 5.70. The smallest absolute Gasteiger partial charge is 0.0940 e. The van der Waals surface area contributed by atoms with Gasteiger partial charge in [-0.15, -0.1) is 0 Å². The van der Waals surface area contributed by atoms with Crippen molar-refractivity contribution in [3.05, 3.63) is 0 Å². The topological polar surface area (TPSA) is 24.5 Å². The number of hydrogen-bond donors (Lipinski definition) is 1. The highest BCUT2D eigenvalue weighted by Crippen LogP contribution is 2.22. The standard InChI is InChI=1S/C11H22N2O/c1-14-11(5-6-12-9-11)10-13-7-3-2-4-8-13/h12H,2-10H2,1H3. The first kappa shape index (κ1) is 10.4. The molecule has 0 aromatic heterocycles. The molecule has 2 aliphatic rings. The van der Waals surface area contributed by atoms with Gasteiger partial charge in [0.1, 0.15) is 0 Å². The third-order valence-corrected chi connectivity index (χ3v) is 3.60. The summed E-state index contributed by atoms with van der Waals surface area (Å²) in [5, 5.41) is 3.40. The maximum absolute atomic E-state index is 5.70. The molecule has 2 saturated heterocycles. The van der Waals surface area contributed by atoms with Crippen molar-refractivity contribution >= 4 is 0 Å². The van der Waals surface area contributed by atoms with Crippen LogP contribution in [0.1, 0.15) is 25.7 Å². The van der Waals surface area contributed by atoms with Crippen LogP contribution in [0.15, 0.2) is 0 Å². The Morgan fingerprint density at radius 3 is 2.64 bits per heavy atom. The van der Waals surface area contributed by atoms with Gasteiger partial charge in [0.15, 0.2) is 0 Å². The van der Waals surface area contributed by atoms with Crippen molar-refractivity contribution in [3.63, 3.8) is 0 Å². The minimum absolute atomic E-state index is 0.108. The van der Waals surface area contributed by atoms with Gasteiger partial charge in [0.2, 0.25) is 0 Å². The Morgan fingerprint density at radius 1 is 1.29 bits per heavy atom. The van der Waals surface area contributed by atoms with E-state index in [0.29, 0.717) is 0 Å². The zero-order valence-corrected chi connectivity index (χ0v) is 9.22. The lowest BCUT2D eigenvalue weighted by Gasteiger charge is -2.35. The number of rotatable bonds is 3. The van der Waals surface area contributed by atoms with Crippen LogP contribution in [0.25, 0.3) is 0 Å². The first-order chi connectivity index (χ1) is 6.85. The molecule has 2 fully saturated rings. The Labute approximate surface area is 86.8 Å². The SMILES string of the molecule is COC1(CN2CCCCC2)CCNC1. The molecule has 2 heterocycles. The van der Waals surface area contributed by atoms with E-state index >= 15 is 0 Å². The van der Waals surface area contributed by atoms with Gasteiger partial charge in [0.05, 0.1) is 5.60 Å². The zero-order valence-electron chi connectivity index (χ0n) is 9.22. The molecule has 0 aromatic carbocycles. The average Bonchev–Trinajstić information content (AvgIpc) is 2.69. The first-order valence-electron chi connectivity index (χ1n) is 5.83. The van der Waals surface area contributed by atoms with Crippen LogP contribution in [0.5, 0.6) is 0 Å². The van der Waals surface area contributed by atoms with Crippen molar-refractivity contribution in [1.29, 1.82) is 0 Å². The van der Waals surface area contributed by atoms with Gasteiger partial charge in [0.25, 0.3) is 0 Å². The van der Waals surface area contributed by atoms with E-state index in [1.165, 1.54) is 38.8 Å². The van der Waals surface area contributed by atoms with Gasteiger partial charge in [0, 0.05) is 20.2 Å². The number of nitrogens with zero attached hydrogens (tertiary/aromatic N) is 1. The van der Waals surface area contributed by atoms with E-state index < -0.39 is 0 Å². The largest absolute Gasteiger partial charge is 0.376 e. The summed E-state index contributed by atoms with van der Waals surface area (Å²) in [7, 11) is 1.86. The molecule has 0 saturated carbocycles. The van der Waals surface area contributed by atoms with E-state index in [-0.39, 0.29) is 5.60 Å². The summed E-state index contributed by atoms with van der Waals surface area (Å²) in [4.78, 5) is 2.57. The molecule has 82 valence electrons. The fourth-order valence-corrected chi connectivity index (χ4v) is 2.62. The van der Waals surface area contributed by atoms with E-state index in [4.69, 9.17) is 4.74 Å². The molecule has 1 atom stereocenters. The molecule has 0 aromatic rings. The van der Waals surface area contributed by atoms with Crippen LogP contribution in [-0.4, -0.2) is 50.3 Å². The lowest BCUT2D eigenvalue weighted by molar-refractivity contribution is -0.0244. The Morgan fingerprint density at radius 2 is 2.07 bits per heavy atom. The summed E-state index contributed by atoms with van der Waals surface area (Å²) in [6.07, 6.45) is 5.31. The molecule has 1 unspecified atom stereocenters. The summed E-state index contributed by atoms with van der Waals surface area (Å²) in [5.74, 6) is 0. The van der Waals surface area contributed by atoms with Crippen LogP contribution in [0.4, 0.5) is 0 Å². The molecule has 0 bridgehead atoms. The van der Waals surface area contributed by atoms with E-state index in [0.717, 1.165) is 19.6 Å². The van der Waals surface area contributed by atoms with Gasteiger partial charge in [-0.1, -0.05) is 6.42 Å². The molecule has 0 radical (unpaired) electrons. The quantitative estimate of drug-likeness (QED) is 0.727. The number of piperidine rings is 1. The lowest BCUT2D eigenvalue weighted by Crippen LogP contribution is -2.47. The molecule has 2 rings (SSSR count). The van der Waals surface area contributed by atoms with Crippen LogP contribution in [0.3, 0.4) is 0 Å². The second kappa shape index (κ2) is 4.60. The minimum atomic E-state index is 0.108. The number of likely N-dealkylation sites (tertiary alicyclic amines) is 1. The molecule has 14 heavy (non-hydrogen) atoms. The van der Waals surface area contributed by atoms with Crippen molar-refractivity contribution in [3.8, 4) is 0 Å². The molecular weight excluding hydrogens is 176 g/mol. The van der Waals surface area contributed by atoms with Gasteiger partial charge >= 0.3 is 0 Å². The highest BCUT2D eigenvalue weighted by molar-refractivity contribution is 4.92. The van der Waals surface area contributed by atoms with Crippen LogP contribution in [-0.2, 0) is 4.74 Å². The third-order valence-electron chi connectivity index (χ3n) is 3.60. The summed E-state index contributed by atoms with van der Waals surface area (Å²) >= 11 is 0. The van der Waals surface area contributed by atoms with Crippen molar-refractivity contribution in [2.24, 2.45) is 0 Å². The minimum Gasteiger partial charge on any atom is -0.376 e. The molecule has 0 amide bonds. The van der Waals surface area contributed by atoms with E-state index in [9.17, 15) is 0 Å². The molecule has 0 spiro atoms. The normalized spacial score (nSPS) is 34.9. The molecule has 0 aliphatic carbocycles. The second-order valence-electron chi connectivity index (χ2n) is 4.65. The molecule has 2 aliphatic heterocycles. The summed E-state index contributed by atoms with van der Waals surface area (Å²) in [6, 6.07) is 0. The summed E-state index contributed by atoms with van der Waals surface area (Å²) in [5.41, 5.74) is 0.108. The van der Waals surface area contributed by atoms with Crippen LogP contribution < -0.4 is 5.32 Å². The monoisotopic (exact) mass is 198 g/mol. The molecular formula is C11H22N2O. The van der Waals surface area contributed by atoms with Gasteiger partial charge < -0.3 is 15.0 Å². The molecule has 1 N–H and O–H groups in total. The lowest BCUT2D eigenvalue weighted by atomic mass is 10.0. The number of hydrogen-bond acceptors (Lipinski definition) is 3. The van der Waals surface area contributed by atoms with E-state index in [1.54, 1.807) is 0 Å². The van der Waals surface area contributed by atoms with Gasteiger partial charge in [-0.2, -0.15) is 0 Å². The number of ether oxygens (including phenoxy) is 1. The van der Waals surface area contributed by atoms with E-state index in [1.807, 2.05) is 7.11 Å². The van der Waals surface area contributed by atoms with Crippen LogP contribution >= 0.6 is 0 Å².